The number of rotatable bonds is 18. The van der Waals surface area contributed by atoms with Crippen LogP contribution in [0.3, 0.4) is 0 Å². The van der Waals surface area contributed by atoms with Crippen molar-refractivity contribution in [2.24, 2.45) is 5.41 Å². The molecule has 0 saturated carbocycles. The van der Waals surface area contributed by atoms with Crippen molar-refractivity contribution < 1.29 is 33.3 Å². The number of thiazole rings is 1. The zero-order chi connectivity index (χ0) is 32.0. The number of ether oxygens (including phenoxy) is 4. The summed E-state index contributed by atoms with van der Waals surface area (Å²) in [5.41, 5.74) is 4.32. The molecule has 2 N–H and O–H groups in total. The van der Waals surface area contributed by atoms with E-state index in [1.165, 1.54) is 0 Å². The first-order valence-corrected chi connectivity index (χ1v) is 16.2. The molecule has 0 spiro atoms. The van der Waals surface area contributed by atoms with Gasteiger partial charge in [-0.2, -0.15) is 0 Å². The van der Waals surface area contributed by atoms with Crippen molar-refractivity contribution in [3.63, 3.8) is 0 Å². The lowest BCUT2D eigenvalue weighted by atomic mass is 9.85. The summed E-state index contributed by atoms with van der Waals surface area (Å²) in [4.78, 5) is 46.7. The fraction of sp³-hybridized carbons (Fsp3) is 0.625. The Morgan fingerprint density at radius 3 is 2.23 bits per heavy atom. The zero-order valence-electron chi connectivity index (χ0n) is 26.7. The van der Waals surface area contributed by atoms with Crippen molar-refractivity contribution in [1.82, 2.24) is 20.5 Å². The molecule has 44 heavy (non-hydrogen) atoms. The second-order valence-electron chi connectivity index (χ2n) is 11.7. The van der Waals surface area contributed by atoms with Gasteiger partial charge in [-0.25, -0.2) is 4.98 Å². The third-order valence-electron chi connectivity index (χ3n) is 7.24. The third kappa shape index (κ3) is 11.2. The van der Waals surface area contributed by atoms with Crippen LogP contribution in [-0.2, 0) is 39.9 Å². The van der Waals surface area contributed by atoms with Crippen molar-refractivity contribution in [1.29, 1.82) is 0 Å². The number of hydrogen-bond donors (Lipinski definition) is 2. The van der Waals surface area contributed by atoms with Gasteiger partial charge in [-0.3, -0.25) is 14.4 Å². The van der Waals surface area contributed by atoms with Crippen LogP contribution in [0, 0.1) is 12.3 Å². The normalized spacial score (nSPS) is 15.8. The molecule has 2 atom stereocenters. The van der Waals surface area contributed by atoms with Gasteiger partial charge < -0.3 is 34.5 Å². The molecule has 0 bridgehead atoms. The molecule has 2 aromatic rings. The fourth-order valence-electron chi connectivity index (χ4n) is 4.85. The molecule has 0 radical (unpaired) electrons. The van der Waals surface area contributed by atoms with E-state index in [9.17, 15) is 14.4 Å². The molecule has 1 aromatic carbocycles. The van der Waals surface area contributed by atoms with Crippen LogP contribution in [0.4, 0.5) is 0 Å². The number of carbonyl (C=O) groups excluding carboxylic acids is 3. The molecule has 1 aromatic heterocycles. The van der Waals surface area contributed by atoms with Gasteiger partial charge in [0.2, 0.25) is 17.7 Å². The Labute approximate surface area is 265 Å². The molecule has 1 unspecified atom stereocenters. The average molecular weight is 633 g/mol. The van der Waals surface area contributed by atoms with E-state index >= 15 is 0 Å². The predicted molar refractivity (Wildman–Crippen MR) is 169 cm³/mol. The largest absolute Gasteiger partial charge is 0.379 e. The Balaban J connectivity index is 1.43. The first-order valence-electron chi connectivity index (χ1n) is 15.3. The molecule has 1 aliphatic rings. The van der Waals surface area contributed by atoms with Crippen molar-refractivity contribution in [2.45, 2.75) is 66.1 Å². The van der Waals surface area contributed by atoms with E-state index in [1.54, 1.807) is 16.2 Å². The Kier molecular flexibility index (Phi) is 14.7. The summed E-state index contributed by atoms with van der Waals surface area (Å²) in [5.74, 6) is -0.851. The molecule has 12 heteroatoms. The number of likely N-dealkylation sites (tertiary alicyclic amines) is 1. The van der Waals surface area contributed by atoms with Crippen LogP contribution < -0.4 is 10.6 Å². The Morgan fingerprint density at radius 2 is 1.64 bits per heavy atom. The van der Waals surface area contributed by atoms with Gasteiger partial charge >= 0.3 is 0 Å². The third-order valence-corrected chi connectivity index (χ3v) is 8.22. The highest BCUT2D eigenvalue weighted by molar-refractivity contribution is 7.13. The summed E-state index contributed by atoms with van der Waals surface area (Å²) < 4.78 is 21.5. The Hall–Kier alpha value is -2.90. The maximum Gasteiger partial charge on any atom is 0.246 e. The van der Waals surface area contributed by atoms with E-state index in [-0.39, 0.29) is 25.0 Å². The van der Waals surface area contributed by atoms with Crippen LogP contribution in [0.1, 0.15) is 51.8 Å². The summed E-state index contributed by atoms with van der Waals surface area (Å²) >= 11 is 1.60. The van der Waals surface area contributed by atoms with Crippen molar-refractivity contribution in [3.8, 4) is 10.4 Å². The highest BCUT2D eigenvalue weighted by Gasteiger charge is 2.41. The molecule has 2 heterocycles. The topological polar surface area (TPSA) is 128 Å². The van der Waals surface area contributed by atoms with E-state index in [4.69, 9.17) is 18.9 Å². The highest BCUT2D eigenvalue weighted by Crippen LogP contribution is 2.28. The van der Waals surface area contributed by atoms with E-state index in [0.717, 1.165) is 28.1 Å². The molecule has 3 amide bonds. The molecule has 1 saturated heterocycles. The quantitative estimate of drug-likeness (QED) is 0.240. The molecule has 11 nitrogen and oxygen atoms in total. The van der Waals surface area contributed by atoms with Crippen LogP contribution in [0.15, 0.2) is 29.8 Å². The van der Waals surface area contributed by atoms with Gasteiger partial charge in [0, 0.05) is 19.7 Å². The fourth-order valence-corrected chi connectivity index (χ4v) is 5.66. The van der Waals surface area contributed by atoms with Crippen LogP contribution in [-0.4, -0.2) is 99.1 Å². The van der Waals surface area contributed by atoms with Crippen molar-refractivity contribution >= 4 is 29.1 Å². The number of hydrogen-bond acceptors (Lipinski definition) is 9. The molecule has 1 aliphatic heterocycles. The van der Waals surface area contributed by atoms with Crippen LogP contribution >= 0.6 is 11.3 Å². The summed E-state index contributed by atoms with van der Waals surface area (Å²) in [7, 11) is 0. The van der Waals surface area contributed by atoms with Gasteiger partial charge in [0.05, 0.1) is 55.7 Å². The molecule has 0 aliphatic carbocycles. The average Bonchev–Trinajstić information content (AvgIpc) is 3.66. The summed E-state index contributed by atoms with van der Waals surface area (Å²) in [6.45, 7) is 13.4. The monoisotopic (exact) mass is 632 g/mol. The minimum absolute atomic E-state index is 0.194. The molecular formula is C32H48N4O7S. The molecular weight excluding hydrogens is 584 g/mol. The van der Waals surface area contributed by atoms with Gasteiger partial charge in [-0.15, -0.1) is 11.3 Å². The molecule has 244 valence electrons. The first-order chi connectivity index (χ1) is 21.1. The number of nitrogens with one attached hydrogen (secondary N) is 2. The lowest BCUT2D eigenvalue weighted by molar-refractivity contribution is -0.144. The SMILES string of the molecule is CCOCCOCCOCCOCC(=O)NC(C(=O)N1CCC[C@H]1C(=O)NCc1ccc(-c2scnc2C)cc1)C(C)(C)C. The van der Waals surface area contributed by atoms with Crippen molar-refractivity contribution in [3.05, 3.63) is 41.0 Å². The van der Waals surface area contributed by atoms with Gasteiger partial charge in [0.25, 0.3) is 0 Å². The van der Waals surface area contributed by atoms with E-state index in [0.29, 0.717) is 59.2 Å². The van der Waals surface area contributed by atoms with Crippen LogP contribution in [0.2, 0.25) is 0 Å². The number of aromatic nitrogens is 1. The number of carbonyl (C=O) groups is 3. The molecule has 1 fully saturated rings. The smallest absolute Gasteiger partial charge is 0.246 e. The predicted octanol–water partition coefficient (Wildman–Crippen LogP) is 3.34. The molecule has 3 rings (SSSR count). The zero-order valence-corrected chi connectivity index (χ0v) is 27.5. The van der Waals surface area contributed by atoms with E-state index in [1.807, 2.05) is 64.4 Å². The second kappa shape index (κ2) is 18.2. The van der Waals surface area contributed by atoms with Gasteiger partial charge in [0.15, 0.2) is 0 Å². The summed E-state index contributed by atoms with van der Waals surface area (Å²) in [6.07, 6.45) is 1.30. The Morgan fingerprint density at radius 1 is 1.00 bits per heavy atom. The minimum Gasteiger partial charge on any atom is -0.379 e. The van der Waals surface area contributed by atoms with Crippen LogP contribution in [0.25, 0.3) is 10.4 Å². The lowest BCUT2D eigenvalue weighted by Gasteiger charge is -2.35. The second-order valence-corrected chi connectivity index (χ2v) is 12.6. The number of nitrogens with zero attached hydrogens (tertiary/aromatic N) is 2. The van der Waals surface area contributed by atoms with E-state index in [2.05, 4.69) is 15.6 Å². The van der Waals surface area contributed by atoms with Gasteiger partial charge in [0.1, 0.15) is 18.7 Å². The van der Waals surface area contributed by atoms with E-state index < -0.39 is 23.4 Å². The minimum atomic E-state index is -0.806. The number of amides is 3. The summed E-state index contributed by atoms with van der Waals surface area (Å²) in [5, 5.41) is 5.84. The number of benzene rings is 1. The maximum absolute atomic E-state index is 13.7. The maximum atomic E-state index is 13.7. The number of aryl methyl sites for hydroxylation is 1. The first kappa shape index (κ1) is 35.6. The standard InChI is InChI=1S/C32H48N4O7S/c1-6-40-14-15-41-16-17-42-18-19-43-21-27(37)35-29(32(3,4)5)31(39)36-13-7-8-26(36)30(38)33-20-24-9-11-25(12-10-24)28-23(2)34-22-44-28/h9-12,22,26,29H,6-8,13-21H2,1-5H3,(H,33,38)(H,35,37)/t26-,29?/m0/s1. The Bertz CT molecular complexity index is 1180. The van der Waals surface area contributed by atoms with Crippen LogP contribution in [0.5, 0.6) is 0 Å². The summed E-state index contributed by atoms with van der Waals surface area (Å²) in [6, 6.07) is 6.65. The van der Waals surface area contributed by atoms with Gasteiger partial charge in [-0.05, 0) is 43.2 Å². The van der Waals surface area contributed by atoms with Gasteiger partial charge in [-0.1, -0.05) is 45.0 Å². The highest BCUT2D eigenvalue weighted by atomic mass is 32.1. The van der Waals surface area contributed by atoms with Crippen molar-refractivity contribution in [2.75, 3.05) is 59.4 Å². The lowest BCUT2D eigenvalue weighted by Crippen LogP contribution is -2.58.